The van der Waals surface area contributed by atoms with Crippen molar-refractivity contribution < 1.29 is 0 Å². The molecule has 0 aliphatic heterocycles. The average molecular weight is 706 g/mol. The topological polar surface area (TPSA) is 3.24 Å². The lowest BCUT2D eigenvalue weighted by molar-refractivity contribution is 0.590. The highest BCUT2D eigenvalue weighted by Crippen LogP contribution is 2.47. The second-order valence-electron chi connectivity index (χ2n) is 15.3. The molecule has 0 unspecified atom stereocenters. The van der Waals surface area contributed by atoms with Crippen LogP contribution in [0.25, 0.3) is 66.1 Å². The Balaban J connectivity index is 1.27. The highest BCUT2D eigenvalue weighted by atomic mass is 15.1. The molecule has 0 aliphatic rings. The van der Waals surface area contributed by atoms with E-state index in [2.05, 4.69) is 232 Å². The van der Waals surface area contributed by atoms with Gasteiger partial charge in [-0.3, -0.25) is 0 Å². The standard InChI is InChI=1S/C54H43N/c1-54(2,3)43-34-30-41(31-35-43)47-23-9-11-28-51(47)55(44-36-32-40(33-37-44)46-25-13-19-38-18-7-8-22-45(38)46)52-29-12-10-24-49(52)50-27-15-21-42-20-14-26-48(53(42)50)39-16-5-4-6-17-39/h4-37H,1-3H3. The first-order valence-corrected chi connectivity index (χ1v) is 19.2. The number of benzene rings is 9. The van der Waals surface area contributed by atoms with Gasteiger partial charge in [0, 0.05) is 16.8 Å². The maximum atomic E-state index is 2.46. The summed E-state index contributed by atoms with van der Waals surface area (Å²) in [7, 11) is 0. The van der Waals surface area contributed by atoms with E-state index < -0.39 is 0 Å². The van der Waals surface area contributed by atoms with Crippen molar-refractivity contribution in [2.45, 2.75) is 26.2 Å². The summed E-state index contributed by atoms with van der Waals surface area (Å²) >= 11 is 0. The van der Waals surface area contributed by atoms with Gasteiger partial charge in [0.1, 0.15) is 0 Å². The molecule has 9 aromatic rings. The van der Waals surface area contributed by atoms with Crippen LogP contribution in [0.1, 0.15) is 26.3 Å². The predicted molar refractivity (Wildman–Crippen MR) is 237 cm³/mol. The first-order chi connectivity index (χ1) is 26.9. The summed E-state index contributed by atoms with van der Waals surface area (Å²) in [4.78, 5) is 2.46. The molecule has 0 N–H and O–H groups in total. The van der Waals surface area contributed by atoms with E-state index in [-0.39, 0.29) is 5.41 Å². The fraction of sp³-hybridized carbons (Fsp3) is 0.0741. The van der Waals surface area contributed by atoms with Gasteiger partial charge in [-0.05, 0) is 90.2 Å². The fourth-order valence-electron chi connectivity index (χ4n) is 8.06. The zero-order valence-corrected chi connectivity index (χ0v) is 31.6. The van der Waals surface area contributed by atoms with Crippen LogP contribution in [0.3, 0.4) is 0 Å². The molecule has 0 fully saturated rings. The molecule has 0 aliphatic carbocycles. The molecule has 0 atom stereocenters. The van der Waals surface area contributed by atoms with Gasteiger partial charge in [-0.2, -0.15) is 0 Å². The average Bonchev–Trinajstić information content (AvgIpc) is 3.24. The number of nitrogens with zero attached hydrogens (tertiary/aromatic N) is 1. The summed E-state index contributed by atoms with van der Waals surface area (Å²) < 4.78 is 0. The van der Waals surface area contributed by atoms with Crippen LogP contribution in [-0.2, 0) is 5.41 Å². The smallest absolute Gasteiger partial charge is 0.0540 e. The number of fused-ring (bicyclic) bond motifs is 2. The number of anilines is 3. The van der Waals surface area contributed by atoms with E-state index in [1.54, 1.807) is 0 Å². The molecule has 9 rings (SSSR count). The summed E-state index contributed by atoms with van der Waals surface area (Å²) in [5.74, 6) is 0. The molecule has 0 saturated carbocycles. The third-order valence-electron chi connectivity index (χ3n) is 10.9. The minimum absolute atomic E-state index is 0.0753. The number of rotatable bonds is 7. The Morgan fingerprint density at radius 1 is 0.327 bits per heavy atom. The van der Waals surface area contributed by atoms with E-state index in [9.17, 15) is 0 Å². The molecule has 0 amide bonds. The van der Waals surface area contributed by atoms with Gasteiger partial charge in [0.05, 0.1) is 11.4 Å². The lowest BCUT2D eigenvalue weighted by atomic mass is 9.86. The van der Waals surface area contributed by atoms with Crippen LogP contribution in [0.4, 0.5) is 17.1 Å². The van der Waals surface area contributed by atoms with Gasteiger partial charge in [-0.25, -0.2) is 0 Å². The largest absolute Gasteiger partial charge is 0.309 e. The van der Waals surface area contributed by atoms with Crippen molar-refractivity contribution >= 4 is 38.6 Å². The van der Waals surface area contributed by atoms with Crippen LogP contribution >= 0.6 is 0 Å². The molecule has 0 aromatic heterocycles. The van der Waals surface area contributed by atoms with E-state index in [1.165, 1.54) is 71.6 Å². The van der Waals surface area contributed by atoms with Gasteiger partial charge < -0.3 is 4.90 Å². The molecule has 1 nitrogen and oxygen atoms in total. The lowest BCUT2D eigenvalue weighted by Crippen LogP contribution is -2.13. The number of hydrogen-bond donors (Lipinski definition) is 0. The second kappa shape index (κ2) is 14.3. The SMILES string of the molecule is CC(C)(C)c1ccc(-c2ccccc2N(c2ccc(-c3cccc4ccccc34)cc2)c2ccccc2-c2cccc3cccc(-c4ccccc4)c23)cc1. The van der Waals surface area contributed by atoms with E-state index in [4.69, 9.17) is 0 Å². The summed E-state index contributed by atoms with van der Waals surface area (Å²) in [6.07, 6.45) is 0. The minimum Gasteiger partial charge on any atom is -0.309 e. The van der Waals surface area contributed by atoms with E-state index in [0.717, 1.165) is 17.1 Å². The highest BCUT2D eigenvalue weighted by molar-refractivity contribution is 6.09. The van der Waals surface area contributed by atoms with Crippen molar-refractivity contribution in [1.29, 1.82) is 0 Å². The fourth-order valence-corrected chi connectivity index (χ4v) is 8.06. The third kappa shape index (κ3) is 6.49. The van der Waals surface area contributed by atoms with E-state index in [0.29, 0.717) is 0 Å². The molecule has 55 heavy (non-hydrogen) atoms. The zero-order valence-electron chi connectivity index (χ0n) is 31.6. The molecule has 0 spiro atoms. The minimum atomic E-state index is 0.0753. The van der Waals surface area contributed by atoms with Crippen LogP contribution < -0.4 is 4.90 Å². The Labute approximate surface area is 324 Å². The van der Waals surface area contributed by atoms with Crippen LogP contribution in [0, 0.1) is 0 Å². The maximum Gasteiger partial charge on any atom is 0.0540 e. The van der Waals surface area contributed by atoms with Crippen molar-refractivity contribution in [1.82, 2.24) is 0 Å². The van der Waals surface area contributed by atoms with Gasteiger partial charge in [-0.1, -0.05) is 203 Å². The van der Waals surface area contributed by atoms with Crippen LogP contribution in [0.15, 0.2) is 206 Å². The van der Waals surface area contributed by atoms with Crippen molar-refractivity contribution in [2.24, 2.45) is 0 Å². The van der Waals surface area contributed by atoms with Gasteiger partial charge in [0.15, 0.2) is 0 Å². The van der Waals surface area contributed by atoms with Crippen LogP contribution in [0.5, 0.6) is 0 Å². The number of para-hydroxylation sites is 2. The first-order valence-electron chi connectivity index (χ1n) is 19.2. The Kier molecular flexibility index (Phi) is 8.84. The molecular formula is C54H43N. The van der Waals surface area contributed by atoms with Crippen LogP contribution in [0.2, 0.25) is 0 Å². The van der Waals surface area contributed by atoms with Gasteiger partial charge >= 0.3 is 0 Å². The summed E-state index contributed by atoms with van der Waals surface area (Å²) in [5.41, 5.74) is 14.4. The molecular weight excluding hydrogens is 663 g/mol. The Bertz CT molecular complexity index is 2760. The first kappa shape index (κ1) is 34.1. The molecule has 0 saturated heterocycles. The summed E-state index contributed by atoms with van der Waals surface area (Å²) in [5, 5.41) is 4.98. The van der Waals surface area contributed by atoms with Gasteiger partial charge in [-0.15, -0.1) is 0 Å². The van der Waals surface area contributed by atoms with Crippen molar-refractivity contribution in [3.63, 3.8) is 0 Å². The molecule has 0 radical (unpaired) electrons. The van der Waals surface area contributed by atoms with Gasteiger partial charge in [0.25, 0.3) is 0 Å². The molecule has 9 aromatic carbocycles. The van der Waals surface area contributed by atoms with Crippen molar-refractivity contribution in [3.8, 4) is 44.5 Å². The maximum absolute atomic E-state index is 2.46. The zero-order chi connectivity index (χ0) is 37.4. The van der Waals surface area contributed by atoms with E-state index >= 15 is 0 Å². The molecule has 0 bridgehead atoms. The Morgan fingerprint density at radius 3 is 1.51 bits per heavy atom. The lowest BCUT2D eigenvalue weighted by Gasteiger charge is -2.30. The highest BCUT2D eigenvalue weighted by Gasteiger charge is 2.22. The molecule has 1 heteroatoms. The summed E-state index contributed by atoms with van der Waals surface area (Å²) in [6, 6.07) is 75.3. The van der Waals surface area contributed by atoms with Crippen LogP contribution in [-0.4, -0.2) is 0 Å². The van der Waals surface area contributed by atoms with Gasteiger partial charge in [0.2, 0.25) is 0 Å². The normalized spacial score (nSPS) is 11.5. The van der Waals surface area contributed by atoms with Crippen molar-refractivity contribution in [2.75, 3.05) is 4.90 Å². The van der Waals surface area contributed by atoms with E-state index in [1.807, 2.05) is 0 Å². The summed E-state index contributed by atoms with van der Waals surface area (Å²) in [6.45, 7) is 6.81. The Morgan fingerprint density at radius 2 is 0.800 bits per heavy atom. The monoisotopic (exact) mass is 705 g/mol. The molecule has 264 valence electrons. The quantitative estimate of drug-likeness (QED) is 0.160. The van der Waals surface area contributed by atoms with Crippen molar-refractivity contribution in [3.05, 3.63) is 212 Å². The predicted octanol–water partition coefficient (Wildman–Crippen LogP) is 15.4. The Hall–Kier alpha value is -6.70. The third-order valence-corrected chi connectivity index (χ3v) is 10.9. The molecule has 0 heterocycles. The second-order valence-corrected chi connectivity index (χ2v) is 15.3. The number of hydrogen-bond acceptors (Lipinski definition) is 1.